The summed E-state index contributed by atoms with van der Waals surface area (Å²) in [5, 5.41) is 3.03. The van der Waals surface area contributed by atoms with E-state index in [2.05, 4.69) is 40.5 Å². The number of nitrogens with zero attached hydrogens (tertiary/aromatic N) is 1. The third-order valence-corrected chi connectivity index (χ3v) is 4.24. The number of nitrogens with one attached hydrogen (secondary N) is 1. The Hall–Kier alpha value is -1.35. The lowest BCUT2D eigenvalue weighted by Crippen LogP contribution is -2.43. The highest BCUT2D eigenvalue weighted by Crippen LogP contribution is 2.21. The van der Waals surface area contributed by atoms with Gasteiger partial charge in [0.25, 0.3) is 0 Å². The lowest BCUT2D eigenvalue weighted by Gasteiger charge is -2.32. The van der Waals surface area contributed by atoms with Crippen molar-refractivity contribution in [1.29, 1.82) is 0 Å². The molecule has 1 N–H and O–H groups in total. The highest BCUT2D eigenvalue weighted by molar-refractivity contribution is 5.76. The van der Waals surface area contributed by atoms with Crippen LogP contribution in [0.15, 0.2) is 30.3 Å². The SMILES string of the molecule is CC(C)(C)NC(=O)CCN1CCC(Cc2ccccc2)CC1. The van der Waals surface area contributed by atoms with Gasteiger partial charge < -0.3 is 10.2 Å². The Bertz CT molecular complexity index is 456. The third kappa shape index (κ3) is 6.18. The van der Waals surface area contributed by atoms with Crippen LogP contribution >= 0.6 is 0 Å². The lowest BCUT2D eigenvalue weighted by molar-refractivity contribution is -0.122. The summed E-state index contributed by atoms with van der Waals surface area (Å²) in [5.41, 5.74) is 1.32. The standard InChI is InChI=1S/C19H30N2O/c1-19(2,3)20-18(22)11-14-21-12-9-17(10-13-21)15-16-7-5-4-6-8-16/h4-8,17H,9-15H2,1-3H3,(H,20,22). The second-order valence-corrected chi connectivity index (χ2v) is 7.52. The van der Waals surface area contributed by atoms with E-state index in [4.69, 9.17) is 0 Å². The van der Waals surface area contributed by atoms with Crippen molar-refractivity contribution in [3.63, 3.8) is 0 Å². The van der Waals surface area contributed by atoms with E-state index >= 15 is 0 Å². The number of hydrogen-bond donors (Lipinski definition) is 1. The summed E-state index contributed by atoms with van der Waals surface area (Å²) in [4.78, 5) is 14.3. The molecule has 1 fully saturated rings. The smallest absolute Gasteiger partial charge is 0.221 e. The van der Waals surface area contributed by atoms with E-state index in [0.717, 1.165) is 25.6 Å². The predicted molar refractivity (Wildman–Crippen MR) is 91.8 cm³/mol. The van der Waals surface area contributed by atoms with Crippen molar-refractivity contribution in [2.45, 2.75) is 52.0 Å². The van der Waals surface area contributed by atoms with Crippen LogP contribution in [0, 0.1) is 5.92 Å². The van der Waals surface area contributed by atoms with Crippen LogP contribution in [0.2, 0.25) is 0 Å². The van der Waals surface area contributed by atoms with E-state index in [-0.39, 0.29) is 11.4 Å². The summed E-state index contributed by atoms with van der Waals surface area (Å²) in [5.74, 6) is 0.959. The minimum absolute atomic E-state index is 0.125. The Kier molecular flexibility index (Phi) is 6.01. The lowest BCUT2D eigenvalue weighted by atomic mass is 9.90. The molecule has 22 heavy (non-hydrogen) atoms. The number of carbonyl (C=O) groups is 1. The molecule has 0 saturated carbocycles. The molecule has 0 radical (unpaired) electrons. The summed E-state index contributed by atoms with van der Waals surface area (Å²) in [7, 11) is 0. The predicted octanol–water partition coefficient (Wildman–Crippen LogP) is 3.25. The molecule has 1 aromatic rings. The van der Waals surface area contributed by atoms with Crippen LogP contribution in [0.25, 0.3) is 0 Å². The molecule has 1 heterocycles. The van der Waals surface area contributed by atoms with Gasteiger partial charge in [0.1, 0.15) is 0 Å². The zero-order chi connectivity index (χ0) is 16.0. The molecule has 1 amide bonds. The molecule has 0 bridgehead atoms. The molecule has 122 valence electrons. The first-order chi connectivity index (χ1) is 10.4. The van der Waals surface area contributed by atoms with Crippen molar-refractivity contribution < 1.29 is 4.79 Å². The highest BCUT2D eigenvalue weighted by Gasteiger charge is 2.20. The van der Waals surface area contributed by atoms with E-state index < -0.39 is 0 Å². The normalized spacial score (nSPS) is 17.4. The zero-order valence-corrected chi connectivity index (χ0v) is 14.3. The van der Waals surface area contributed by atoms with Gasteiger partial charge in [0.05, 0.1) is 0 Å². The van der Waals surface area contributed by atoms with Gasteiger partial charge in [-0.3, -0.25) is 4.79 Å². The minimum atomic E-state index is -0.125. The molecular weight excluding hydrogens is 272 g/mol. The van der Waals surface area contributed by atoms with Crippen molar-refractivity contribution in [3.05, 3.63) is 35.9 Å². The Balaban J connectivity index is 1.66. The number of carbonyl (C=O) groups excluding carboxylic acids is 1. The molecule has 0 aromatic heterocycles. The topological polar surface area (TPSA) is 32.3 Å². The molecule has 0 atom stereocenters. The van der Waals surface area contributed by atoms with Crippen molar-refractivity contribution in [3.8, 4) is 0 Å². The van der Waals surface area contributed by atoms with Gasteiger partial charge in [0.15, 0.2) is 0 Å². The first kappa shape index (κ1) is 17.0. The van der Waals surface area contributed by atoms with Crippen LogP contribution in [0.1, 0.15) is 45.6 Å². The Morgan fingerprint density at radius 3 is 2.41 bits per heavy atom. The van der Waals surface area contributed by atoms with E-state index in [9.17, 15) is 4.79 Å². The van der Waals surface area contributed by atoms with Crippen LogP contribution in [0.5, 0.6) is 0 Å². The van der Waals surface area contributed by atoms with Crippen LogP contribution in [0.4, 0.5) is 0 Å². The molecule has 1 aromatic carbocycles. The van der Waals surface area contributed by atoms with Crippen LogP contribution in [-0.2, 0) is 11.2 Å². The van der Waals surface area contributed by atoms with Gasteiger partial charge in [0, 0.05) is 18.5 Å². The number of amides is 1. The molecular formula is C19H30N2O. The average molecular weight is 302 g/mol. The molecule has 3 heteroatoms. The maximum Gasteiger partial charge on any atom is 0.221 e. The summed E-state index contributed by atoms with van der Waals surface area (Å²) in [6, 6.07) is 10.8. The maximum absolute atomic E-state index is 11.9. The summed E-state index contributed by atoms with van der Waals surface area (Å²) >= 11 is 0. The van der Waals surface area contributed by atoms with E-state index in [0.29, 0.717) is 6.42 Å². The first-order valence-electron chi connectivity index (χ1n) is 8.50. The maximum atomic E-state index is 11.9. The quantitative estimate of drug-likeness (QED) is 0.905. The number of hydrogen-bond acceptors (Lipinski definition) is 2. The number of likely N-dealkylation sites (tertiary alicyclic amines) is 1. The molecule has 3 nitrogen and oxygen atoms in total. The fourth-order valence-electron chi connectivity index (χ4n) is 3.10. The first-order valence-corrected chi connectivity index (χ1v) is 8.50. The van der Waals surface area contributed by atoms with E-state index in [1.807, 2.05) is 20.8 Å². The number of piperidine rings is 1. The van der Waals surface area contributed by atoms with Gasteiger partial charge in [-0.25, -0.2) is 0 Å². The fourth-order valence-corrected chi connectivity index (χ4v) is 3.10. The number of benzene rings is 1. The molecule has 0 unspecified atom stereocenters. The molecule has 0 aliphatic carbocycles. The summed E-state index contributed by atoms with van der Waals surface area (Å²) in [6.07, 6.45) is 4.30. The highest BCUT2D eigenvalue weighted by atomic mass is 16.1. The van der Waals surface area contributed by atoms with Crippen molar-refractivity contribution in [1.82, 2.24) is 10.2 Å². The van der Waals surface area contributed by atoms with Gasteiger partial charge in [0.2, 0.25) is 5.91 Å². The third-order valence-electron chi connectivity index (χ3n) is 4.24. The van der Waals surface area contributed by atoms with E-state index in [1.54, 1.807) is 0 Å². The van der Waals surface area contributed by atoms with Crippen molar-refractivity contribution in [2.75, 3.05) is 19.6 Å². The fraction of sp³-hybridized carbons (Fsp3) is 0.632. The number of rotatable bonds is 5. The van der Waals surface area contributed by atoms with Gasteiger partial charge in [-0.1, -0.05) is 30.3 Å². The minimum Gasteiger partial charge on any atom is -0.351 e. The van der Waals surface area contributed by atoms with Crippen molar-refractivity contribution >= 4 is 5.91 Å². The molecule has 1 aliphatic heterocycles. The van der Waals surface area contributed by atoms with Gasteiger partial charge in [-0.05, 0) is 64.6 Å². The van der Waals surface area contributed by atoms with Gasteiger partial charge in [-0.2, -0.15) is 0 Å². The Morgan fingerprint density at radius 1 is 1.18 bits per heavy atom. The second-order valence-electron chi connectivity index (χ2n) is 7.52. The Morgan fingerprint density at radius 2 is 1.82 bits per heavy atom. The average Bonchev–Trinajstić information content (AvgIpc) is 2.46. The van der Waals surface area contributed by atoms with Crippen LogP contribution in [0.3, 0.4) is 0 Å². The Labute approximate surface area is 135 Å². The monoisotopic (exact) mass is 302 g/mol. The largest absolute Gasteiger partial charge is 0.351 e. The van der Waals surface area contributed by atoms with Gasteiger partial charge in [-0.15, -0.1) is 0 Å². The van der Waals surface area contributed by atoms with Gasteiger partial charge >= 0.3 is 0 Å². The second kappa shape index (κ2) is 7.77. The zero-order valence-electron chi connectivity index (χ0n) is 14.3. The molecule has 1 aliphatic rings. The molecule has 0 spiro atoms. The van der Waals surface area contributed by atoms with Crippen LogP contribution in [-0.4, -0.2) is 36.0 Å². The summed E-state index contributed by atoms with van der Waals surface area (Å²) in [6.45, 7) is 9.22. The van der Waals surface area contributed by atoms with Crippen LogP contribution < -0.4 is 5.32 Å². The molecule has 1 saturated heterocycles. The summed E-state index contributed by atoms with van der Waals surface area (Å²) < 4.78 is 0. The van der Waals surface area contributed by atoms with Crippen molar-refractivity contribution in [2.24, 2.45) is 5.92 Å². The van der Waals surface area contributed by atoms with E-state index in [1.165, 1.54) is 24.8 Å². The molecule has 2 rings (SSSR count).